The molecule has 0 aliphatic carbocycles. The zero-order valence-corrected chi connectivity index (χ0v) is 20.5. The molecule has 1 aromatic carbocycles. The lowest BCUT2D eigenvalue weighted by atomic mass is 9.92. The third-order valence-corrected chi connectivity index (χ3v) is 9.97. The summed E-state index contributed by atoms with van der Waals surface area (Å²) in [5.74, 6) is 0.101. The molecule has 5 nitrogen and oxygen atoms in total. The lowest BCUT2D eigenvalue weighted by Crippen LogP contribution is -2.47. The van der Waals surface area contributed by atoms with E-state index in [1.54, 1.807) is 15.6 Å². The standard InChI is InChI=1S/C24H32N2O3S2/c1-5-21-20-9-13-30-22(20)8-12-26(21)24(27)19-6-10-25(11-7-19)31(28,29)23-17(3)14-16(2)15-18(23)4/h9,13-15,19,21H,5-8,10-12H2,1-4H3. The van der Waals surface area contributed by atoms with Gasteiger partial charge in [-0.2, -0.15) is 4.31 Å². The molecule has 0 radical (unpaired) electrons. The topological polar surface area (TPSA) is 57.7 Å². The van der Waals surface area contributed by atoms with E-state index in [9.17, 15) is 13.2 Å². The molecule has 2 aliphatic rings. The van der Waals surface area contributed by atoms with Gasteiger partial charge in [-0.3, -0.25) is 4.79 Å². The van der Waals surface area contributed by atoms with Crippen molar-refractivity contribution in [3.63, 3.8) is 0 Å². The molecular weight excluding hydrogens is 428 g/mol. The number of thiophene rings is 1. The van der Waals surface area contributed by atoms with Crippen molar-refractivity contribution in [1.82, 2.24) is 9.21 Å². The zero-order chi connectivity index (χ0) is 22.3. The maximum atomic E-state index is 13.4. The average Bonchev–Trinajstić information content (AvgIpc) is 3.20. The van der Waals surface area contributed by atoms with Gasteiger partial charge in [0.2, 0.25) is 15.9 Å². The van der Waals surface area contributed by atoms with Gasteiger partial charge < -0.3 is 4.90 Å². The van der Waals surface area contributed by atoms with Crippen LogP contribution in [0.25, 0.3) is 0 Å². The Morgan fingerprint density at radius 2 is 1.74 bits per heavy atom. The first-order valence-corrected chi connectivity index (χ1v) is 13.5. The Morgan fingerprint density at radius 1 is 1.10 bits per heavy atom. The van der Waals surface area contributed by atoms with Crippen molar-refractivity contribution in [2.45, 2.75) is 64.3 Å². The van der Waals surface area contributed by atoms with E-state index in [2.05, 4.69) is 23.3 Å². The van der Waals surface area contributed by atoms with Crippen molar-refractivity contribution in [3.05, 3.63) is 50.7 Å². The van der Waals surface area contributed by atoms with Gasteiger partial charge in [-0.05, 0) is 74.6 Å². The number of benzene rings is 1. The van der Waals surface area contributed by atoms with Crippen LogP contribution in [-0.2, 0) is 21.2 Å². The first kappa shape index (κ1) is 22.5. The normalized spacial score (nSPS) is 20.6. The third-order valence-electron chi connectivity index (χ3n) is 6.77. The van der Waals surface area contributed by atoms with Gasteiger partial charge in [-0.25, -0.2) is 8.42 Å². The highest BCUT2D eigenvalue weighted by Crippen LogP contribution is 2.37. The third kappa shape index (κ3) is 4.08. The van der Waals surface area contributed by atoms with Crippen molar-refractivity contribution in [2.24, 2.45) is 5.92 Å². The fourth-order valence-electron chi connectivity index (χ4n) is 5.38. The van der Waals surface area contributed by atoms with Gasteiger partial charge in [0.1, 0.15) is 0 Å². The second-order valence-electron chi connectivity index (χ2n) is 8.91. The second kappa shape index (κ2) is 8.68. The molecular formula is C24H32N2O3S2. The van der Waals surface area contributed by atoms with Gasteiger partial charge in [0.25, 0.3) is 0 Å². The van der Waals surface area contributed by atoms with Crippen LogP contribution >= 0.6 is 11.3 Å². The lowest BCUT2D eigenvalue weighted by Gasteiger charge is -2.39. The summed E-state index contributed by atoms with van der Waals surface area (Å²) in [6.07, 6.45) is 3.01. The molecule has 0 bridgehead atoms. The fraction of sp³-hybridized carbons (Fsp3) is 0.542. The predicted molar refractivity (Wildman–Crippen MR) is 125 cm³/mol. The van der Waals surface area contributed by atoms with Crippen molar-refractivity contribution in [3.8, 4) is 0 Å². The number of sulfonamides is 1. The van der Waals surface area contributed by atoms with Crippen molar-refractivity contribution in [1.29, 1.82) is 0 Å². The maximum absolute atomic E-state index is 13.4. The number of carbonyl (C=O) groups excluding carboxylic acids is 1. The molecule has 3 heterocycles. The van der Waals surface area contributed by atoms with Crippen LogP contribution in [0, 0.1) is 26.7 Å². The van der Waals surface area contributed by atoms with Crippen LogP contribution in [0.3, 0.4) is 0 Å². The smallest absolute Gasteiger partial charge is 0.243 e. The highest BCUT2D eigenvalue weighted by Gasteiger charge is 2.38. The van der Waals surface area contributed by atoms with Crippen molar-refractivity contribution < 1.29 is 13.2 Å². The Labute approximate surface area is 190 Å². The van der Waals surface area contributed by atoms with Crippen molar-refractivity contribution >= 4 is 27.3 Å². The van der Waals surface area contributed by atoms with E-state index >= 15 is 0 Å². The van der Waals surface area contributed by atoms with Crippen LogP contribution in [0.1, 0.15) is 59.4 Å². The van der Waals surface area contributed by atoms with E-state index in [1.165, 1.54) is 10.4 Å². The fourth-order valence-corrected chi connectivity index (χ4v) is 8.19. The molecule has 168 valence electrons. The quantitative estimate of drug-likeness (QED) is 0.669. The van der Waals surface area contributed by atoms with E-state index in [4.69, 9.17) is 0 Å². The van der Waals surface area contributed by atoms with Crippen LogP contribution in [0.5, 0.6) is 0 Å². The minimum absolute atomic E-state index is 0.0964. The first-order valence-electron chi connectivity index (χ1n) is 11.2. The summed E-state index contributed by atoms with van der Waals surface area (Å²) in [4.78, 5) is 17.3. The summed E-state index contributed by atoms with van der Waals surface area (Å²) in [5.41, 5.74) is 3.96. The van der Waals surface area contributed by atoms with E-state index in [1.807, 2.05) is 32.9 Å². The molecule has 1 atom stereocenters. The van der Waals surface area contributed by atoms with Gasteiger partial charge in [0.15, 0.2) is 0 Å². The van der Waals surface area contributed by atoms with Crippen LogP contribution < -0.4 is 0 Å². The number of amides is 1. The van der Waals surface area contributed by atoms with E-state index < -0.39 is 10.0 Å². The summed E-state index contributed by atoms with van der Waals surface area (Å²) in [5, 5.41) is 2.12. The van der Waals surface area contributed by atoms with E-state index in [-0.39, 0.29) is 17.9 Å². The van der Waals surface area contributed by atoms with Gasteiger partial charge in [0.05, 0.1) is 10.9 Å². The van der Waals surface area contributed by atoms with Gasteiger partial charge in [-0.15, -0.1) is 11.3 Å². The van der Waals surface area contributed by atoms with Gasteiger partial charge in [0, 0.05) is 30.4 Å². The molecule has 1 aromatic heterocycles. The number of piperidine rings is 1. The molecule has 4 rings (SSSR count). The lowest BCUT2D eigenvalue weighted by molar-refractivity contribution is -0.139. The molecule has 31 heavy (non-hydrogen) atoms. The first-order chi connectivity index (χ1) is 14.7. The molecule has 2 aliphatic heterocycles. The second-order valence-corrected chi connectivity index (χ2v) is 11.8. The molecule has 2 aromatic rings. The Kier molecular flexibility index (Phi) is 6.30. The Balaban J connectivity index is 1.47. The molecule has 1 saturated heterocycles. The van der Waals surface area contributed by atoms with Crippen LogP contribution in [0.4, 0.5) is 0 Å². The summed E-state index contributed by atoms with van der Waals surface area (Å²) < 4.78 is 28.3. The van der Waals surface area contributed by atoms with Gasteiger partial charge in [-0.1, -0.05) is 24.6 Å². The molecule has 1 amide bonds. The number of fused-ring (bicyclic) bond motifs is 1. The van der Waals surface area contributed by atoms with E-state index in [0.29, 0.717) is 30.8 Å². The van der Waals surface area contributed by atoms with Crippen molar-refractivity contribution in [2.75, 3.05) is 19.6 Å². The molecule has 0 N–H and O–H groups in total. The summed E-state index contributed by atoms with van der Waals surface area (Å²) in [6, 6.07) is 6.17. The van der Waals surface area contributed by atoms with Crippen LogP contribution in [0.2, 0.25) is 0 Å². The monoisotopic (exact) mass is 460 g/mol. The average molecular weight is 461 g/mol. The predicted octanol–water partition coefficient (Wildman–Crippen LogP) is 4.61. The number of carbonyl (C=O) groups is 1. The zero-order valence-electron chi connectivity index (χ0n) is 18.8. The summed E-state index contributed by atoms with van der Waals surface area (Å²) >= 11 is 1.79. The number of nitrogens with zero attached hydrogens (tertiary/aromatic N) is 2. The number of hydrogen-bond acceptors (Lipinski definition) is 4. The Hall–Kier alpha value is -1.70. The van der Waals surface area contributed by atoms with Crippen LogP contribution in [-0.4, -0.2) is 43.2 Å². The number of rotatable bonds is 4. The Morgan fingerprint density at radius 3 is 2.35 bits per heavy atom. The van der Waals surface area contributed by atoms with E-state index in [0.717, 1.165) is 36.1 Å². The molecule has 7 heteroatoms. The minimum atomic E-state index is -3.55. The SMILES string of the molecule is CCC1c2ccsc2CCN1C(=O)C1CCN(S(=O)(=O)c2c(C)cc(C)cc2C)CC1. The summed E-state index contributed by atoms with van der Waals surface area (Å²) in [7, 11) is -3.55. The summed E-state index contributed by atoms with van der Waals surface area (Å²) in [6.45, 7) is 9.42. The minimum Gasteiger partial charge on any atom is -0.335 e. The molecule has 0 saturated carbocycles. The highest BCUT2D eigenvalue weighted by atomic mass is 32.2. The molecule has 1 unspecified atom stereocenters. The largest absolute Gasteiger partial charge is 0.335 e. The number of hydrogen-bond donors (Lipinski definition) is 0. The molecule has 1 fully saturated rings. The number of aryl methyl sites for hydroxylation is 3. The van der Waals surface area contributed by atoms with Crippen LogP contribution in [0.15, 0.2) is 28.5 Å². The molecule has 0 spiro atoms. The maximum Gasteiger partial charge on any atom is 0.243 e. The Bertz CT molecular complexity index is 1060. The van der Waals surface area contributed by atoms with Gasteiger partial charge >= 0.3 is 0 Å². The highest BCUT2D eigenvalue weighted by molar-refractivity contribution is 7.89.